The van der Waals surface area contributed by atoms with Crippen LogP contribution in [0.2, 0.25) is 0 Å². The third kappa shape index (κ3) is 2.95. The number of anilines is 1. The summed E-state index contributed by atoms with van der Waals surface area (Å²) in [6.45, 7) is 3.10. The number of hydrogen-bond donors (Lipinski definition) is 1. The van der Waals surface area contributed by atoms with Crippen LogP contribution in [0.15, 0.2) is 47.3 Å². The van der Waals surface area contributed by atoms with E-state index in [1.165, 1.54) is 6.07 Å². The second kappa shape index (κ2) is 6.54. The summed E-state index contributed by atoms with van der Waals surface area (Å²) in [5.74, 6) is 0. The van der Waals surface area contributed by atoms with Gasteiger partial charge in [0.05, 0.1) is 23.8 Å². The molecular weight excluding hydrogens is 324 g/mol. The summed E-state index contributed by atoms with van der Waals surface area (Å²) in [5.41, 5.74) is 2.45. The Balaban J connectivity index is 1.82. The molecule has 24 heavy (non-hydrogen) atoms. The highest BCUT2D eigenvalue weighted by atomic mass is 32.1. The second-order valence-corrected chi connectivity index (χ2v) is 6.42. The zero-order chi connectivity index (χ0) is 16.4. The molecule has 1 aromatic carbocycles. The molecule has 0 saturated carbocycles. The number of aromatic nitrogens is 3. The third-order valence-corrected chi connectivity index (χ3v) is 5.00. The number of nitrogens with one attached hydrogen (secondary N) is 1. The lowest BCUT2D eigenvalue weighted by Gasteiger charge is -2.26. The Morgan fingerprint density at radius 1 is 1.08 bits per heavy atom. The summed E-state index contributed by atoms with van der Waals surface area (Å²) in [7, 11) is 0. The predicted molar refractivity (Wildman–Crippen MR) is 94.4 cm³/mol. The smallest absolute Gasteiger partial charge is 0.264 e. The van der Waals surface area contributed by atoms with E-state index in [4.69, 9.17) is 9.72 Å². The molecule has 0 aliphatic carbocycles. The Bertz CT molecular complexity index is 865. The maximum Gasteiger partial charge on any atom is 0.264 e. The molecule has 4 rings (SSSR count). The summed E-state index contributed by atoms with van der Waals surface area (Å²) < 4.78 is 5.42. The van der Waals surface area contributed by atoms with Gasteiger partial charge in [-0.1, -0.05) is 41.7 Å². The standard InChI is InChI=1S/C17H16N4O2S/c22-14-7-6-13(19-20-14)16-15(12-4-2-1-3-5-12)18-17(24-16)21-8-10-23-11-9-21/h1-7H,8-11H2,(H,20,22). The van der Waals surface area contributed by atoms with Crippen LogP contribution in [-0.4, -0.2) is 41.5 Å². The highest BCUT2D eigenvalue weighted by Gasteiger charge is 2.21. The molecule has 2 aromatic heterocycles. The summed E-state index contributed by atoms with van der Waals surface area (Å²) in [4.78, 5) is 19.4. The number of benzene rings is 1. The van der Waals surface area contributed by atoms with Gasteiger partial charge in [-0.25, -0.2) is 10.1 Å². The van der Waals surface area contributed by atoms with Crippen LogP contribution in [0.4, 0.5) is 5.13 Å². The van der Waals surface area contributed by atoms with Crippen LogP contribution >= 0.6 is 11.3 Å². The van der Waals surface area contributed by atoms with Gasteiger partial charge < -0.3 is 9.64 Å². The lowest BCUT2D eigenvalue weighted by Crippen LogP contribution is -2.36. The van der Waals surface area contributed by atoms with E-state index in [0.29, 0.717) is 13.2 Å². The number of thiazole rings is 1. The van der Waals surface area contributed by atoms with Crippen LogP contribution in [0.1, 0.15) is 0 Å². The van der Waals surface area contributed by atoms with Crippen LogP contribution in [0.5, 0.6) is 0 Å². The quantitative estimate of drug-likeness (QED) is 0.793. The van der Waals surface area contributed by atoms with Crippen molar-refractivity contribution in [2.45, 2.75) is 0 Å². The van der Waals surface area contributed by atoms with Gasteiger partial charge >= 0.3 is 0 Å². The molecular formula is C17H16N4O2S. The Morgan fingerprint density at radius 3 is 2.58 bits per heavy atom. The Labute approximate surface area is 142 Å². The van der Waals surface area contributed by atoms with E-state index in [0.717, 1.165) is 40.0 Å². The normalized spacial score (nSPS) is 14.8. The monoisotopic (exact) mass is 340 g/mol. The van der Waals surface area contributed by atoms with E-state index in [9.17, 15) is 4.79 Å². The first-order chi connectivity index (χ1) is 11.8. The number of rotatable bonds is 3. The number of nitrogens with zero attached hydrogens (tertiary/aromatic N) is 3. The van der Waals surface area contributed by atoms with E-state index < -0.39 is 0 Å². The molecule has 3 heterocycles. The van der Waals surface area contributed by atoms with Crippen LogP contribution in [0.3, 0.4) is 0 Å². The molecule has 7 heteroatoms. The summed E-state index contributed by atoms with van der Waals surface area (Å²) in [6.07, 6.45) is 0. The van der Waals surface area contributed by atoms with Crippen LogP contribution in [0.25, 0.3) is 21.8 Å². The van der Waals surface area contributed by atoms with Crippen molar-refractivity contribution in [1.29, 1.82) is 0 Å². The van der Waals surface area contributed by atoms with Crippen molar-refractivity contribution in [2.24, 2.45) is 0 Å². The number of aromatic amines is 1. The Kier molecular flexibility index (Phi) is 4.10. The number of H-pyrrole nitrogens is 1. The van der Waals surface area contributed by atoms with Gasteiger partial charge in [0.15, 0.2) is 5.13 Å². The fraction of sp³-hybridized carbons (Fsp3) is 0.235. The molecule has 3 aromatic rings. The molecule has 1 saturated heterocycles. The van der Waals surface area contributed by atoms with Gasteiger partial charge in [0.1, 0.15) is 5.69 Å². The highest BCUT2D eigenvalue weighted by Crippen LogP contribution is 2.39. The van der Waals surface area contributed by atoms with E-state index in [-0.39, 0.29) is 5.56 Å². The van der Waals surface area contributed by atoms with Gasteiger partial charge in [0.25, 0.3) is 5.56 Å². The maximum atomic E-state index is 11.3. The fourth-order valence-corrected chi connectivity index (χ4v) is 3.74. The average Bonchev–Trinajstić information content (AvgIpc) is 3.09. The number of morpholine rings is 1. The minimum Gasteiger partial charge on any atom is -0.378 e. The molecule has 0 spiro atoms. The fourth-order valence-electron chi connectivity index (χ4n) is 2.63. The van der Waals surface area contributed by atoms with Gasteiger partial charge in [0, 0.05) is 24.7 Å². The number of hydrogen-bond acceptors (Lipinski definition) is 6. The molecule has 0 bridgehead atoms. The SMILES string of the molecule is O=c1ccc(-c2sc(N3CCOCC3)nc2-c2ccccc2)n[nH]1. The molecule has 0 unspecified atom stereocenters. The predicted octanol–water partition coefficient (Wildman–Crippen LogP) is 2.40. The van der Waals surface area contributed by atoms with Gasteiger partial charge in [-0.3, -0.25) is 4.79 Å². The lowest BCUT2D eigenvalue weighted by atomic mass is 10.1. The van der Waals surface area contributed by atoms with Gasteiger partial charge in [0.2, 0.25) is 0 Å². The Morgan fingerprint density at radius 2 is 1.88 bits per heavy atom. The minimum absolute atomic E-state index is 0.210. The van der Waals surface area contributed by atoms with E-state index in [2.05, 4.69) is 15.1 Å². The summed E-state index contributed by atoms with van der Waals surface area (Å²) in [5, 5.41) is 7.65. The summed E-state index contributed by atoms with van der Waals surface area (Å²) >= 11 is 1.59. The average molecular weight is 340 g/mol. The van der Waals surface area contributed by atoms with Crippen molar-refractivity contribution in [3.05, 3.63) is 52.8 Å². The third-order valence-electron chi connectivity index (χ3n) is 3.86. The van der Waals surface area contributed by atoms with Crippen molar-refractivity contribution in [2.75, 3.05) is 31.2 Å². The molecule has 1 aliphatic heterocycles. The van der Waals surface area contributed by atoms with E-state index in [1.807, 2.05) is 30.3 Å². The van der Waals surface area contributed by atoms with E-state index >= 15 is 0 Å². The molecule has 0 amide bonds. The largest absolute Gasteiger partial charge is 0.378 e. The van der Waals surface area contributed by atoms with Crippen LogP contribution in [-0.2, 0) is 4.74 Å². The molecule has 0 atom stereocenters. The van der Waals surface area contributed by atoms with E-state index in [1.54, 1.807) is 17.4 Å². The Hall–Kier alpha value is -2.51. The zero-order valence-corrected chi connectivity index (χ0v) is 13.8. The lowest BCUT2D eigenvalue weighted by molar-refractivity contribution is 0.122. The second-order valence-electron chi connectivity index (χ2n) is 5.45. The van der Waals surface area contributed by atoms with Crippen LogP contribution in [0, 0.1) is 0 Å². The van der Waals surface area contributed by atoms with Gasteiger partial charge in [-0.2, -0.15) is 5.10 Å². The molecule has 1 aliphatic rings. The van der Waals surface area contributed by atoms with Gasteiger partial charge in [-0.05, 0) is 6.07 Å². The molecule has 1 fully saturated rings. The highest BCUT2D eigenvalue weighted by molar-refractivity contribution is 7.19. The van der Waals surface area contributed by atoms with Crippen LogP contribution < -0.4 is 10.5 Å². The minimum atomic E-state index is -0.210. The maximum absolute atomic E-state index is 11.3. The van der Waals surface area contributed by atoms with Crippen molar-refractivity contribution < 1.29 is 4.74 Å². The molecule has 1 N–H and O–H groups in total. The zero-order valence-electron chi connectivity index (χ0n) is 12.9. The van der Waals surface area contributed by atoms with Crippen molar-refractivity contribution in [3.63, 3.8) is 0 Å². The van der Waals surface area contributed by atoms with Crippen molar-refractivity contribution >= 4 is 16.5 Å². The van der Waals surface area contributed by atoms with Crippen molar-refractivity contribution in [3.8, 4) is 21.8 Å². The molecule has 0 radical (unpaired) electrons. The topological polar surface area (TPSA) is 71.1 Å². The molecule has 6 nitrogen and oxygen atoms in total. The first-order valence-electron chi connectivity index (χ1n) is 7.76. The number of ether oxygens (including phenoxy) is 1. The first-order valence-corrected chi connectivity index (χ1v) is 8.58. The van der Waals surface area contributed by atoms with Crippen molar-refractivity contribution in [1.82, 2.24) is 15.2 Å². The summed E-state index contributed by atoms with van der Waals surface area (Å²) in [6, 6.07) is 13.3. The van der Waals surface area contributed by atoms with Gasteiger partial charge in [-0.15, -0.1) is 0 Å². The first kappa shape index (κ1) is 15.0. The molecule has 122 valence electrons.